The number of alkyl halides is 2. The molecule has 0 saturated carbocycles. The fourth-order valence-corrected chi connectivity index (χ4v) is 1.83. The van der Waals surface area contributed by atoms with Crippen LogP contribution in [0, 0.1) is 5.82 Å². The van der Waals surface area contributed by atoms with Crippen LogP contribution in [0.15, 0.2) is 21.4 Å². The van der Waals surface area contributed by atoms with Gasteiger partial charge in [-0.15, -0.1) is 0 Å². The van der Waals surface area contributed by atoms with Gasteiger partial charge in [-0.05, 0) is 28.1 Å². The number of aromatic nitrogens is 2. The van der Waals surface area contributed by atoms with Crippen molar-refractivity contribution in [2.24, 2.45) is 0 Å². The number of hydrogen-bond acceptors (Lipinski definition) is 2. The Morgan fingerprint density at radius 1 is 1.41 bits per heavy atom. The highest BCUT2D eigenvalue weighted by atomic mass is 79.9. The van der Waals surface area contributed by atoms with Crippen molar-refractivity contribution >= 4 is 26.8 Å². The summed E-state index contributed by atoms with van der Waals surface area (Å²) < 4.78 is 39.9. The molecule has 2 aromatic rings. The predicted octanol–water partition coefficient (Wildman–Crippen LogP) is 2.94. The number of benzene rings is 1. The standard InChI is InChI=1S/C10H6BrF3N2O/c1-10(13,14)8-4-2-6(12)5(11)3-7(4)15-9(17)16-8/h2-3H,1H3,(H,15,16,17). The molecule has 0 aliphatic heterocycles. The summed E-state index contributed by atoms with van der Waals surface area (Å²) in [5.74, 6) is -4.01. The molecule has 0 aliphatic carbocycles. The molecule has 2 rings (SSSR count). The van der Waals surface area contributed by atoms with Gasteiger partial charge in [0.1, 0.15) is 11.5 Å². The summed E-state index contributed by atoms with van der Waals surface area (Å²) in [6, 6.07) is 2.14. The second-order valence-corrected chi connectivity index (χ2v) is 4.45. The molecular weight excluding hydrogens is 301 g/mol. The van der Waals surface area contributed by atoms with E-state index in [2.05, 4.69) is 25.9 Å². The van der Waals surface area contributed by atoms with Crippen LogP contribution < -0.4 is 5.69 Å². The van der Waals surface area contributed by atoms with Crippen LogP contribution in [0.25, 0.3) is 10.9 Å². The molecule has 7 heteroatoms. The van der Waals surface area contributed by atoms with Gasteiger partial charge in [-0.1, -0.05) is 0 Å². The predicted molar refractivity (Wildman–Crippen MR) is 59.6 cm³/mol. The molecule has 0 radical (unpaired) electrons. The summed E-state index contributed by atoms with van der Waals surface area (Å²) >= 11 is 2.91. The van der Waals surface area contributed by atoms with Crippen molar-refractivity contribution < 1.29 is 13.2 Å². The Balaban J connectivity index is 2.93. The Morgan fingerprint density at radius 2 is 2.06 bits per heavy atom. The van der Waals surface area contributed by atoms with E-state index in [4.69, 9.17) is 0 Å². The van der Waals surface area contributed by atoms with Crippen molar-refractivity contribution in [1.29, 1.82) is 0 Å². The van der Waals surface area contributed by atoms with E-state index in [1.807, 2.05) is 0 Å². The van der Waals surface area contributed by atoms with Gasteiger partial charge in [0.05, 0.1) is 9.99 Å². The van der Waals surface area contributed by atoms with Gasteiger partial charge >= 0.3 is 5.69 Å². The number of aromatic amines is 1. The number of hydrogen-bond donors (Lipinski definition) is 1. The van der Waals surface area contributed by atoms with Crippen LogP contribution >= 0.6 is 15.9 Å². The maximum atomic E-state index is 13.3. The first-order chi connectivity index (χ1) is 7.79. The molecular formula is C10H6BrF3N2O. The number of nitrogens with one attached hydrogen (secondary N) is 1. The minimum atomic E-state index is -3.31. The minimum Gasteiger partial charge on any atom is -0.305 e. The fourth-order valence-electron chi connectivity index (χ4n) is 1.49. The van der Waals surface area contributed by atoms with Crippen LogP contribution in [0.4, 0.5) is 13.2 Å². The monoisotopic (exact) mass is 306 g/mol. The van der Waals surface area contributed by atoms with E-state index >= 15 is 0 Å². The van der Waals surface area contributed by atoms with Gasteiger partial charge in [0.2, 0.25) is 0 Å². The van der Waals surface area contributed by atoms with Gasteiger partial charge < -0.3 is 4.98 Å². The molecule has 1 aromatic carbocycles. The van der Waals surface area contributed by atoms with Gasteiger partial charge in [0.15, 0.2) is 0 Å². The third-order valence-corrected chi connectivity index (χ3v) is 2.79. The summed E-state index contributed by atoms with van der Waals surface area (Å²) in [4.78, 5) is 16.6. The van der Waals surface area contributed by atoms with E-state index in [1.54, 1.807) is 0 Å². The number of rotatable bonds is 1. The smallest absolute Gasteiger partial charge is 0.305 e. The highest BCUT2D eigenvalue weighted by Crippen LogP contribution is 2.31. The molecule has 17 heavy (non-hydrogen) atoms. The summed E-state index contributed by atoms with van der Waals surface area (Å²) in [6.07, 6.45) is 0. The molecule has 1 aromatic heterocycles. The van der Waals surface area contributed by atoms with Gasteiger partial charge in [0, 0.05) is 12.3 Å². The summed E-state index contributed by atoms with van der Waals surface area (Å²) in [6.45, 7) is 0.605. The van der Waals surface area contributed by atoms with Gasteiger partial charge in [-0.3, -0.25) is 0 Å². The first-order valence-corrected chi connectivity index (χ1v) is 5.35. The second-order valence-electron chi connectivity index (χ2n) is 3.59. The van der Waals surface area contributed by atoms with Crippen molar-refractivity contribution in [2.75, 3.05) is 0 Å². The van der Waals surface area contributed by atoms with E-state index in [-0.39, 0.29) is 15.4 Å². The van der Waals surface area contributed by atoms with Crippen LogP contribution in [-0.4, -0.2) is 9.97 Å². The molecule has 1 N–H and O–H groups in total. The number of nitrogens with zero attached hydrogens (tertiary/aromatic N) is 1. The Hall–Kier alpha value is -1.37. The molecule has 0 bridgehead atoms. The van der Waals surface area contributed by atoms with Crippen LogP contribution in [-0.2, 0) is 5.92 Å². The number of H-pyrrole nitrogens is 1. The zero-order valence-corrected chi connectivity index (χ0v) is 10.1. The second kappa shape index (κ2) is 3.83. The molecule has 0 fully saturated rings. The molecule has 0 atom stereocenters. The number of fused-ring (bicyclic) bond motifs is 1. The van der Waals surface area contributed by atoms with Crippen molar-refractivity contribution in [3.8, 4) is 0 Å². The molecule has 0 unspecified atom stereocenters. The lowest BCUT2D eigenvalue weighted by atomic mass is 10.1. The summed E-state index contributed by atoms with van der Waals surface area (Å²) in [5.41, 5.74) is -1.52. The lowest BCUT2D eigenvalue weighted by Crippen LogP contribution is -2.20. The van der Waals surface area contributed by atoms with E-state index in [0.717, 1.165) is 6.07 Å². The van der Waals surface area contributed by atoms with Crippen molar-refractivity contribution in [1.82, 2.24) is 9.97 Å². The van der Waals surface area contributed by atoms with E-state index < -0.39 is 23.1 Å². The summed E-state index contributed by atoms with van der Waals surface area (Å²) in [5, 5.41) is -0.113. The van der Waals surface area contributed by atoms with Crippen LogP contribution in [0.1, 0.15) is 12.6 Å². The van der Waals surface area contributed by atoms with E-state index in [1.165, 1.54) is 6.07 Å². The zero-order valence-electron chi connectivity index (χ0n) is 8.52. The van der Waals surface area contributed by atoms with Crippen molar-refractivity contribution in [3.63, 3.8) is 0 Å². The SMILES string of the molecule is CC(F)(F)c1nc(=O)[nH]c2cc(Br)c(F)cc12. The Morgan fingerprint density at radius 3 is 2.65 bits per heavy atom. The van der Waals surface area contributed by atoms with Gasteiger partial charge in [-0.25, -0.2) is 9.18 Å². The molecule has 0 spiro atoms. The highest BCUT2D eigenvalue weighted by molar-refractivity contribution is 9.10. The fraction of sp³-hybridized carbons (Fsp3) is 0.200. The first kappa shape index (κ1) is 12.1. The lowest BCUT2D eigenvalue weighted by Gasteiger charge is -2.12. The Kier molecular flexibility index (Phi) is 2.73. The van der Waals surface area contributed by atoms with Crippen molar-refractivity contribution in [2.45, 2.75) is 12.8 Å². The normalized spacial score (nSPS) is 12.1. The lowest BCUT2D eigenvalue weighted by molar-refractivity contribution is 0.0142. The maximum Gasteiger partial charge on any atom is 0.345 e. The molecule has 0 aliphatic rings. The van der Waals surface area contributed by atoms with Crippen LogP contribution in [0.3, 0.4) is 0 Å². The summed E-state index contributed by atoms with van der Waals surface area (Å²) in [7, 11) is 0. The number of halogens is 4. The third kappa shape index (κ3) is 2.19. The highest BCUT2D eigenvalue weighted by Gasteiger charge is 2.29. The average Bonchev–Trinajstić information content (AvgIpc) is 2.18. The van der Waals surface area contributed by atoms with Gasteiger partial charge in [0.25, 0.3) is 5.92 Å². The zero-order chi connectivity index (χ0) is 12.8. The minimum absolute atomic E-state index is 0.0808. The first-order valence-electron chi connectivity index (χ1n) is 4.56. The molecule has 1 heterocycles. The van der Waals surface area contributed by atoms with Crippen LogP contribution in [0.2, 0.25) is 0 Å². The molecule has 3 nitrogen and oxygen atoms in total. The topological polar surface area (TPSA) is 45.8 Å². The molecule has 0 saturated heterocycles. The van der Waals surface area contributed by atoms with Crippen molar-refractivity contribution in [3.05, 3.63) is 38.6 Å². The Labute approximate surface area is 102 Å². The molecule has 0 amide bonds. The maximum absolute atomic E-state index is 13.3. The third-order valence-electron chi connectivity index (χ3n) is 2.19. The molecule has 90 valence electrons. The van der Waals surface area contributed by atoms with E-state index in [0.29, 0.717) is 6.92 Å². The largest absolute Gasteiger partial charge is 0.345 e. The van der Waals surface area contributed by atoms with Gasteiger partial charge in [-0.2, -0.15) is 13.8 Å². The quantitative estimate of drug-likeness (QED) is 0.880. The Bertz CT molecular complexity index is 648. The van der Waals surface area contributed by atoms with Crippen LogP contribution in [0.5, 0.6) is 0 Å². The average molecular weight is 307 g/mol. The van der Waals surface area contributed by atoms with E-state index in [9.17, 15) is 18.0 Å².